The van der Waals surface area contributed by atoms with Gasteiger partial charge in [-0.1, -0.05) is 12.1 Å². The molecule has 0 aliphatic heterocycles. The van der Waals surface area contributed by atoms with Crippen LogP contribution in [0.5, 0.6) is 11.5 Å². The first-order chi connectivity index (χ1) is 13.8. The first-order valence-electron chi connectivity index (χ1n) is 8.89. The Labute approximate surface area is 166 Å². The van der Waals surface area contributed by atoms with Gasteiger partial charge in [0.25, 0.3) is 0 Å². The van der Waals surface area contributed by atoms with Crippen LogP contribution in [-0.4, -0.2) is 33.1 Å². The smallest absolute Gasteiger partial charge is 0.342 e. The van der Waals surface area contributed by atoms with E-state index in [1.54, 1.807) is 25.1 Å². The van der Waals surface area contributed by atoms with E-state index in [1.807, 2.05) is 11.5 Å². The fourth-order valence-electron chi connectivity index (χ4n) is 3.08. The Morgan fingerprint density at radius 1 is 1.00 bits per heavy atom. The zero-order valence-corrected chi connectivity index (χ0v) is 16.0. The van der Waals surface area contributed by atoms with Crippen molar-refractivity contribution in [3.05, 3.63) is 82.4 Å². The van der Waals surface area contributed by atoms with E-state index in [-0.39, 0.29) is 22.9 Å². The van der Waals surface area contributed by atoms with Crippen molar-refractivity contribution < 1.29 is 28.9 Å². The minimum Gasteiger partial charge on any atom is -0.508 e. The molecule has 150 valence electrons. The number of aromatic hydroxyl groups is 2. The summed E-state index contributed by atoms with van der Waals surface area (Å²) in [6.45, 7) is 3.64. The average Bonchev–Trinajstić information content (AvgIpc) is 2.96. The third-order valence-electron chi connectivity index (χ3n) is 4.66. The molecule has 3 rings (SSSR count). The number of rotatable bonds is 6. The predicted octanol–water partition coefficient (Wildman–Crippen LogP) is 3.74. The Balaban J connectivity index is 1.71. The van der Waals surface area contributed by atoms with Crippen LogP contribution in [0.1, 0.15) is 37.7 Å². The van der Waals surface area contributed by atoms with Gasteiger partial charge in [0.15, 0.2) is 6.61 Å². The van der Waals surface area contributed by atoms with Gasteiger partial charge < -0.3 is 19.5 Å². The van der Waals surface area contributed by atoms with Crippen molar-refractivity contribution in [2.24, 2.45) is 0 Å². The number of esters is 1. The van der Waals surface area contributed by atoms with Crippen molar-refractivity contribution in [3.8, 4) is 11.5 Å². The molecule has 0 amide bonds. The molecule has 0 aliphatic carbocycles. The summed E-state index contributed by atoms with van der Waals surface area (Å²) >= 11 is 0. The number of phenolic OH excluding ortho intramolecular Hbond substituents is 2. The molecular weight excluding hydrogens is 377 g/mol. The van der Waals surface area contributed by atoms with Crippen molar-refractivity contribution in [2.45, 2.75) is 20.4 Å². The number of nitrogens with zero attached hydrogens (tertiary/aromatic N) is 1. The number of phenols is 2. The summed E-state index contributed by atoms with van der Waals surface area (Å²) in [6, 6.07) is 11.3. The van der Waals surface area contributed by atoms with E-state index in [0.29, 0.717) is 17.8 Å². The van der Waals surface area contributed by atoms with E-state index < -0.39 is 18.3 Å². The number of aryl methyl sites for hydroxylation is 1. The lowest BCUT2D eigenvalue weighted by molar-refractivity contribution is 0.0471. The first kappa shape index (κ1) is 20.1. The van der Waals surface area contributed by atoms with Crippen LogP contribution in [0, 0.1) is 19.7 Å². The van der Waals surface area contributed by atoms with Crippen LogP contribution in [-0.2, 0) is 11.3 Å². The van der Waals surface area contributed by atoms with E-state index in [2.05, 4.69) is 0 Å². The summed E-state index contributed by atoms with van der Waals surface area (Å²) in [4.78, 5) is 24.6. The fraction of sp³-hybridized carbons (Fsp3) is 0.182. The molecule has 29 heavy (non-hydrogen) atoms. The van der Waals surface area contributed by atoms with Gasteiger partial charge in [-0.05, 0) is 49.7 Å². The Morgan fingerprint density at radius 2 is 1.69 bits per heavy atom. The molecule has 1 heterocycles. The maximum atomic E-state index is 13.1. The molecule has 0 unspecified atom stereocenters. The number of hydrogen-bond acceptors (Lipinski definition) is 5. The fourth-order valence-corrected chi connectivity index (χ4v) is 3.08. The molecule has 0 fully saturated rings. The van der Waals surface area contributed by atoms with Gasteiger partial charge in [-0.2, -0.15) is 0 Å². The van der Waals surface area contributed by atoms with Crippen molar-refractivity contribution >= 4 is 11.8 Å². The lowest BCUT2D eigenvalue weighted by Crippen LogP contribution is -2.15. The summed E-state index contributed by atoms with van der Waals surface area (Å²) in [5.74, 6) is -2.18. The van der Waals surface area contributed by atoms with Gasteiger partial charge in [0.05, 0.1) is 0 Å². The average molecular weight is 397 g/mol. The van der Waals surface area contributed by atoms with Gasteiger partial charge >= 0.3 is 5.97 Å². The summed E-state index contributed by atoms with van der Waals surface area (Å²) in [6.07, 6.45) is 0. The van der Waals surface area contributed by atoms with E-state index in [1.165, 1.54) is 24.3 Å². The summed E-state index contributed by atoms with van der Waals surface area (Å²) in [5.41, 5.74) is 2.73. The summed E-state index contributed by atoms with van der Waals surface area (Å²) in [7, 11) is 0. The van der Waals surface area contributed by atoms with Crippen molar-refractivity contribution in [2.75, 3.05) is 6.61 Å². The number of ether oxygens (including phenoxy) is 1. The number of carbonyl (C=O) groups is 2. The summed E-state index contributed by atoms with van der Waals surface area (Å²) < 4.78 is 20.0. The lowest BCUT2D eigenvalue weighted by Gasteiger charge is -2.10. The number of carbonyl (C=O) groups excluding carboxylic acids is 2. The molecule has 7 heteroatoms. The van der Waals surface area contributed by atoms with Crippen LogP contribution in [0.3, 0.4) is 0 Å². The molecule has 0 radical (unpaired) electrons. The van der Waals surface area contributed by atoms with Gasteiger partial charge in [-0.3, -0.25) is 4.79 Å². The second-order valence-corrected chi connectivity index (χ2v) is 6.70. The van der Waals surface area contributed by atoms with Gasteiger partial charge in [-0.15, -0.1) is 0 Å². The van der Waals surface area contributed by atoms with E-state index in [9.17, 15) is 24.2 Å². The van der Waals surface area contributed by atoms with E-state index in [4.69, 9.17) is 4.74 Å². The molecule has 0 bridgehead atoms. The quantitative estimate of drug-likeness (QED) is 0.489. The number of Topliss-reactive ketones (excluding diaryl/α,β-unsaturated/α-hetero) is 1. The van der Waals surface area contributed by atoms with E-state index in [0.717, 1.165) is 17.3 Å². The van der Waals surface area contributed by atoms with Crippen LogP contribution in [0.2, 0.25) is 0 Å². The SMILES string of the molecule is Cc1cc(C(=O)COC(=O)c2ccc(O)cc2O)c(C)n1Cc1ccc(F)cc1. The molecule has 0 atom stereocenters. The third kappa shape index (κ3) is 4.45. The van der Waals surface area contributed by atoms with Gasteiger partial charge in [0.2, 0.25) is 5.78 Å². The summed E-state index contributed by atoms with van der Waals surface area (Å²) in [5, 5.41) is 19.0. The molecule has 2 N–H and O–H groups in total. The molecule has 3 aromatic rings. The number of aromatic nitrogens is 1. The molecule has 6 nitrogen and oxygen atoms in total. The maximum Gasteiger partial charge on any atom is 0.342 e. The molecule has 0 saturated heterocycles. The normalized spacial score (nSPS) is 10.7. The largest absolute Gasteiger partial charge is 0.508 e. The molecule has 2 aromatic carbocycles. The second kappa shape index (κ2) is 8.18. The standard InChI is InChI=1S/C22H20FNO5/c1-13-9-19(14(2)24(13)11-15-3-5-16(23)6-4-15)21(27)12-29-22(28)18-8-7-17(25)10-20(18)26/h3-10,25-26H,11-12H2,1-2H3. The highest BCUT2D eigenvalue weighted by Crippen LogP contribution is 2.23. The van der Waals surface area contributed by atoms with Crippen LogP contribution in [0.4, 0.5) is 4.39 Å². The van der Waals surface area contributed by atoms with Gasteiger partial charge in [0.1, 0.15) is 22.9 Å². The Morgan fingerprint density at radius 3 is 2.34 bits per heavy atom. The lowest BCUT2D eigenvalue weighted by atomic mass is 10.1. The molecule has 0 spiro atoms. The first-order valence-corrected chi connectivity index (χ1v) is 8.89. The second-order valence-electron chi connectivity index (χ2n) is 6.70. The Kier molecular flexibility index (Phi) is 5.68. The number of hydrogen-bond donors (Lipinski definition) is 2. The van der Waals surface area contributed by atoms with Gasteiger partial charge in [-0.25, -0.2) is 9.18 Å². The predicted molar refractivity (Wildman–Crippen MR) is 104 cm³/mol. The van der Waals surface area contributed by atoms with Crippen LogP contribution in [0.15, 0.2) is 48.5 Å². The topological polar surface area (TPSA) is 88.8 Å². The molecule has 0 saturated carbocycles. The molecule has 1 aromatic heterocycles. The van der Waals surface area contributed by atoms with Gasteiger partial charge in [0, 0.05) is 29.6 Å². The van der Waals surface area contributed by atoms with Crippen molar-refractivity contribution in [3.63, 3.8) is 0 Å². The monoisotopic (exact) mass is 397 g/mol. The zero-order valence-electron chi connectivity index (χ0n) is 16.0. The number of ketones is 1. The van der Waals surface area contributed by atoms with Crippen molar-refractivity contribution in [1.29, 1.82) is 0 Å². The number of benzene rings is 2. The highest BCUT2D eigenvalue weighted by Gasteiger charge is 2.19. The number of halogens is 1. The minimum atomic E-state index is -0.865. The Hall–Kier alpha value is -3.61. The molecule has 0 aliphatic rings. The minimum absolute atomic E-state index is 0.141. The molecular formula is C22H20FNO5. The van der Waals surface area contributed by atoms with Crippen LogP contribution >= 0.6 is 0 Å². The highest BCUT2D eigenvalue weighted by atomic mass is 19.1. The zero-order chi connectivity index (χ0) is 21.1. The highest BCUT2D eigenvalue weighted by molar-refractivity contribution is 6.01. The van der Waals surface area contributed by atoms with E-state index >= 15 is 0 Å². The van der Waals surface area contributed by atoms with Crippen LogP contribution < -0.4 is 0 Å². The van der Waals surface area contributed by atoms with Crippen molar-refractivity contribution in [1.82, 2.24) is 4.57 Å². The van der Waals surface area contributed by atoms with Crippen LogP contribution in [0.25, 0.3) is 0 Å². The Bertz CT molecular complexity index is 1070. The third-order valence-corrected chi connectivity index (χ3v) is 4.66. The maximum absolute atomic E-state index is 13.1.